The Kier molecular flexibility index (Phi) is 7.64. The minimum atomic E-state index is -0.940. The van der Waals surface area contributed by atoms with E-state index in [1.165, 1.54) is 18.2 Å². The first-order chi connectivity index (χ1) is 10.1. The highest BCUT2D eigenvalue weighted by molar-refractivity contribution is 5.87. The number of ether oxygens (including phenoxy) is 1. The zero-order valence-corrected chi connectivity index (χ0v) is 12.0. The number of carbonyl (C=O) groups is 2. The maximum atomic E-state index is 10.9. The number of hydrogen-bond acceptors (Lipinski definition) is 3. The van der Waals surface area contributed by atoms with Crippen LogP contribution < -0.4 is 10.1 Å². The van der Waals surface area contributed by atoms with Crippen molar-refractivity contribution in [3.05, 3.63) is 42.5 Å². The molecule has 0 aliphatic heterocycles. The summed E-state index contributed by atoms with van der Waals surface area (Å²) >= 11 is 0. The Hall–Kier alpha value is -2.30. The summed E-state index contributed by atoms with van der Waals surface area (Å²) in [4.78, 5) is 21.6. The van der Waals surface area contributed by atoms with Crippen LogP contribution in [-0.4, -0.2) is 30.1 Å². The number of amides is 1. The number of aromatic carboxylic acids is 1. The Morgan fingerprint density at radius 2 is 1.81 bits per heavy atom. The molecule has 1 rings (SSSR count). The molecule has 0 aliphatic carbocycles. The Morgan fingerprint density at radius 1 is 1.14 bits per heavy atom. The van der Waals surface area contributed by atoms with E-state index in [2.05, 4.69) is 11.9 Å². The molecule has 0 saturated carbocycles. The maximum absolute atomic E-state index is 10.9. The molecular formula is C16H21NO4. The quantitative estimate of drug-likeness (QED) is 0.513. The molecule has 1 amide bonds. The topological polar surface area (TPSA) is 75.6 Å². The molecule has 0 fully saturated rings. The highest BCUT2D eigenvalue weighted by atomic mass is 16.5. The lowest BCUT2D eigenvalue weighted by Gasteiger charge is -2.06. The van der Waals surface area contributed by atoms with Gasteiger partial charge in [0, 0.05) is 6.54 Å². The van der Waals surface area contributed by atoms with Gasteiger partial charge in [0.05, 0.1) is 12.2 Å². The second-order valence-corrected chi connectivity index (χ2v) is 4.59. The van der Waals surface area contributed by atoms with Gasteiger partial charge in [-0.25, -0.2) is 4.79 Å². The van der Waals surface area contributed by atoms with Crippen molar-refractivity contribution in [2.45, 2.75) is 25.7 Å². The molecule has 2 N–H and O–H groups in total. The fraction of sp³-hybridized carbons (Fsp3) is 0.375. The Balaban J connectivity index is 2.05. The number of rotatable bonds is 10. The molecule has 5 nitrogen and oxygen atoms in total. The molecular weight excluding hydrogens is 270 g/mol. The number of benzene rings is 1. The normalized spacial score (nSPS) is 9.90. The lowest BCUT2D eigenvalue weighted by atomic mass is 10.2. The van der Waals surface area contributed by atoms with Crippen LogP contribution in [0.15, 0.2) is 36.9 Å². The van der Waals surface area contributed by atoms with E-state index in [0.717, 1.165) is 25.7 Å². The smallest absolute Gasteiger partial charge is 0.335 e. The van der Waals surface area contributed by atoms with Gasteiger partial charge in [0.15, 0.2) is 0 Å². The number of nitrogens with one attached hydrogen (secondary N) is 1. The molecule has 5 heteroatoms. The molecule has 0 bridgehead atoms. The van der Waals surface area contributed by atoms with Crippen molar-refractivity contribution in [1.29, 1.82) is 0 Å². The fourth-order valence-corrected chi connectivity index (χ4v) is 1.75. The fourth-order valence-electron chi connectivity index (χ4n) is 1.75. The molecule has 0 aliphatic rings. The van der Waals surface area contributed by atoms with E-state index in [1.54, 1.807) is 12.1 Å². The van der Waals surface area contributed by atoms with Gasteiger partial charge in [-0.2, -0.15) is 0 Å². The molecule has 1 aromatic rings. The number of carboxylic acid groups (broad SMARTS) is 1. The second-order valence-electron chi connectivity index (χ2n) is 4.59. The number of hydrogen-bond donors (Lipinski definition) is 2. The lowest BCUT2D eigenvalue weighted by molar-refractivity contribution is -0.116. The Labute approximate surface area is 124 Å². The van der Waals surface area contributed by atoms with E-state index in [0.29, 0.717) is 18.9 Å². The van der Waals surface area contributed by atoms with Crippen molar-refractivity contribution in [1.82, 2.24) is 5.32 Å². The molecule has 0 atom stereocenters. The van der Waals surface area contributed by atoms with Crippen LogP contribution in [0.2, 0.25) is 0 Å². The number of carboxylic acids is 1. The predicted octanol–water partition coefficient (Wildman–Crippen LogP) is 2.63. The second kappa shape index (κ2) is 9.58. The highest BCUT2D eigenvalue weighted by Gasteiger charge is 2.01. The van der Waals surface area contributed by atoms with Crippen molar-refractivity contribution in [3.8, 4) is 5.75 Å². The van der Waals surface area contributed by atoms with Crippen molar-refractivity contribution in [2.75, 3.05) is 13.2 Å². The monoisotopic (exact) mass is 291 g/mol. The summed E-state index contributed by atoms with van der Waals surface area (Å²) in [7, 11) is 0. The van der Waals surface area contributed by atoms with E-state index in [1.807, 2.05) is 0 Å². The minimum absolute atomic E-state index is 0.136. The van der Waals surface area contributed by atoms with E-state index in [-0.39, 0.29) is 11.5 Å². The van der Waals surface area contributed by atoms with Gasteiger partial charge in [0.25, 0.3) is 0 Å². The first-order valence-electron chi connectivity index (χ1n) is 7.00. The van der Waals surface area contributed by atoms with Gasteiger partial charge >= 0.3 is 5.97 Å². The average molecular weight is 291 g/mol. The highest BCUT2D eigenvalue weighted by Crippen LogP contribution is 2.13. The van der Waals surface area contributed by atoms with Gasteiger partial charge in [-0.3, -0.25) is 4.79 Å². The largest absolute Gasteiger partial charge is 0.494 e. The van der Waals surface area contributed by atoms with Crippen molar-refractivity contribution in [3.63, 3.8) is 0 Å². The summed E-state index contributed by atoms with van der Waals surface area (Å²) in [5.74, 6) is -0.397. The van der Waals surface area contributed by atoms with Crippen molar-refractivity contribution >= 4 is 11.9 Å². The number of unbranched alkanes of at least 4 members (excludes halogenated alkanes) is 3. The van der Waals surface area contributed by atoms with E-state index >= 15 is 0 Å². The first-order valence-corrected chi connectivity index (χ1v) is 7.00. The lowest BCUT2D eigenvalue weighted by Crippen LogP contribution is -2.21. The summed E-state index contributed by atoms with van der Waals surface area (Å²) in [5, 5.41) is 11.5. The molecule has 1 aromatic carbocycles. The number of carbonyl (C=O) groups excluding carboxylic acids is 1. The summed E-state index contributed by atoms with van der Waals surface area (Å²) in [6, 6.07) is 6.38. The van der Waals surface area contributed by atoms with Crippen LogP contribution in [0, 0.1) is 0 Å². The summed E-state index contributed by atoms with van der Waals surface area (Å²) in [6.45, 7) is 4.65. The third-order valence-corrected chi connectivity index (χ3v) is 2.93. The molecule has 0 radical (unpaired) electrons. The first kappa shape index (κ1) is 16.8. The van der Waals surface area contributed by atoms with E-state index in [4.69, 9.17) is 9.84 Å². The zero-order chi connectivity index (χ0) is 15.5. The Morgan fingerprint density at radius 3 is 2.43 bits per heavy atom. The standard InChI is InChI=1S/C16H21NO4/c1-2-15(18)17-11-5-3-4-6-12-21-14-9-7-13(8-10-14)16(19)20/h2,7-10H,1,3-6,11-12H2,(H,17,18)(H,19,20). The molecule has 114 valence electrons. The average Bonchev–Trinajstić information content (AvgIpc) is 2.50. The van der Waals surface area contributed by atoms with Crippen LogP contribution in [0.5, 0.6) is 5.75 Å². The van der Waals surface area contributed by atoms with Gasteiger partial charge < -0.3 is 15.2 Å². The van der Waals surface area contributed by atoms with Crippen LogP contribution in [0.3, 0.4) is 0 Å². The summed E-state index contributed by atoms with van der Waals surface area (Å²) in [5.41, 5.74) is 0.254. The molecule has 0 spiro atoms. The Bertz CT molecular complexity index is 468. The third-order valence-electron chi connectivity index (χ3n) is 2.93. The van der Waals surface area contributed by atoms with Gasteiger partial charge in [-0.1, -0.05) is 19.4 Å². The SMILES string of the molecule is C=CC(=O)NCCCCCCOc1ccc(C(=O)O)cc1. The van der Waals surface area contributed by atoms with Gasteiger partial charge in [0.1, 0.15) is 5.75 Å². The minimum Gasteiger partial charge on any atom is -0.494 e. The van der Waals surface area contributed by atoms with Crippen LogP contribution >= 0.6 is 0 Å². The third kappa shape index (κ3) is 7.15. The van der Waals surface area contributed by atoms with Crippen LogP contribution in [0.1, 0.15) is 36.0 Å². The molecule has 0 heterocycles. The van der Waals surface area contributed by atoms with Crippen LogP contribution in [-0.2, 0) is 4.79 Å². The van der Waals surface area contributed by atoms with E-state index in [9.17, 15) is 9.59 Å². The van der Waals surface area contributed by atoms with Crippen molar-refractivity contribution < 1.29 is 19.4 Å². The van der Waals surface area contributed by atoms with Crippen molar-refractivity contribution in [2.24, 2.45) is 0 Å². The van der Waals surface area contributed by atoms with Crippen LogP contribution in [0.4, 0.5) is 0 Å². The van der Waals surface area contributed by atoms with Gasteiger partial charge in [0.2, 0.25) is 5.91 Å². The molecule has 0 aromatic heterocycles. The van der Waals surface area contributed by atoms with Gasteiger partial charge in [-0.15, -0.1) is 0 Å². The van der Waals surface area contributed by atoms with Crippen LogP contribution in [0.25, 0.3) is 0 Å². The van der Waals surface area contributed by atoms with Gasteiger partial charge in [-0.05, 0) is 43.2 Å². The predicted molar refractivity (Wildman–Crippen MR) is 80.6 cm³/mol. The molecule has 0 saturated heterocycles. The maximum Gasteiger partial charge on any atom is 0.335 e. The molecule has 21 heavy (non-hydrogen) atoms. The molecule has 0 unspecified atom stereocenters. The van der Waals surface area contributed by atoms with E-state index < -0.39 is 5.97 Å². The summed E-state index contributed by atoms with van der Waals surface area (Å²) < 4.78 is 5.53. The zero-order valence-electron chi connectivity index (χ0n) is 12.0. The summed E-state index contributed by atoms with van der Waals surface area (Å²) in [6.07, 6.45) is 5.18.